The molecular weight excluding hydrogens is 451 g/mol. The zero-order chi connectivity index (χ0) is 24.2. The first-order valence-corrected chi connectivity index (χ1v) is 11.6. The first kappa shape index (κ1) is 23.8. The molecule has 0 spiro atoms. The maximum Gasteiger partial charge on any atom is 0.174 e. The van der Waals surface area contributed by atoms with E-state index in [1.165, 1.54) is 17.7 Å². The topological polar surface area (TPSA) is 43.0 Å². The maximum atomic E-state index is 13.4. The van der Waals surface area contributed by atoms with Crippen molar-refractivity contribution < 1.29 is 18.6 Å². The molecule has 0 amide bonds. The Bertz CT molecular complexity index is 1180. The first-order valence-electron chi connectivity index (χ1n) is 11.2. The molecule has 34 heavy (non-hydrogen) atoms. The third-order valence-corrected chi connectivity index (χ3v) is 6.45. The van der Waals surface area contributed by atoms with Crippen molar-refractivity contribution in [1.82, 2.24) is 4.90 Å². The normalized spacial score (nSPS) is 14.9. The number of thiocarbonyl (C=S) groups is 1. The van der Waals surface area contributed by atoms with Crippen molar-refractivity contribution in [3.63, 3.8) is 0 Å². The molecule has 1 aliphatic rings. The van der Waals surface area contributed by atoms with Gasteiger partial charge in [0.2, 0.25) is 0 Å². The fourth-order valence-electron chi connectivity index (χ4n) is 4.30. The lowest BCUT2D eigenvalue weighted by Gasteiger charge is -2.39. The number of methoxy groups -OCH3 is 2. The minimum absolute atomic E-state index is 0.167. The summed E-state index contributed by atoms with van der Waals surface area (Å²) >= 11 is 5.87. The predicted octanol–water partition coefficient (Wildman–Crippen LogP) is 5.83. The van der Waals surface area contributed by atoms with Crippen LogP contribution in [0.3, 0.4) is 0 Å². The van der Waals surface area contributed by atoms with E-state index in [0.29, 0.717) is 29.0 Å². The van der Waals surface area contributed by atoms with E-state index in [1.54, 1.807) is 26.4 Å². The standard InChI is InChI=1S/C27H29FN2O3S/c1-17-5-10-23(18(2)13-17)29-27(34)30-12-11-19-14-25(31-3)26(32-4)15-22(19)24(30)16-33-21-8-6-20(28)7-9-21/h5-10,13-15,24H,11-12,16H2,1-4H3,(H,29,34)/t24-/m0/s1. The fraction of sp³-hybridized carbons (Fsp3) is 0.296. The number of aryl methyl sites for hydroxylation is 2. The number of halogens is 1. The Labute approximate surface area is 205 Å². The molecule has 178 valence electrons. The number of hydrogen-bond acceptors (Lipinski definition) is 4. The smallest absolute Gasteiger partial charge is 0.174 e. The SMILES string of the molecule is COc1cc2c(cc1OC)[C@H](COc1ccc(F)cc1)N(C(=S)Nc1ccc(C)cc1C)CC2. The number of ether oxygens (including phenoxy) is 3. The molecule has 7 heteroatoms. The molecule has 0 aromatic heterocycles. The number of anilines is 1. The number of rotatable bonds is 6. The average molecular weight is 481 g/mol. The average Bonchev–Trinajstić information content (AvgIpc) is 2.84. The van der Waals surface area contributed by atoms with E-state index in [9.17, 15) is 4.39 Å². The molecule has 1 heterocycles. The van der Waals surface area contributed by atoms with Gasteiger partial charge in [-0.15, -0.1) is 0 Å². The van der Waals surface area contributed by atoms with Gasteiger partial charge in [-0.25, -0.2) is 4.39 Å². The predicted molar refractivity (Wildman–Crippen MR) is 137 cm³/mol. The van der Waals surface area contributed by atoms with E-state index >= 15 is 0 Å². The zero-order valence-electron chi connectivity index (χ0n) is 19.9. The van der Waals surface area contributed by atoms with E-state index in [-0.39, 0.29) is 11.9 Å². The molecule has 0 saturated heterocycles. The van der Waals surface area contributed by atoms with Crippen molar-refractivity contribution in [2.75, 3.05) is 32.7 Å². The number of nitrogens with zero attached hydrogens (tertiary/aromatic N) is 1. The molecule has 3 aromatic carbocycles. The first-order chi connectivity index (χ1) is 16.4. The van der Waals surface area contributed by atoms with Crippen LogP contribution in [0.4, 0.5) is 10.1 Å². The highest BCUT2D eigenvalue weighted by Gasteiger charge is 2.31. The third-order valence-electron chi connectivity index (χ3n) is 6.11. The summed E-state index contributed by atoms with van der Waals surface area (Å²) in [4.78, 5) is 2.15. The molecule has 1 atom stereocenters. The minimum Gasteiger partial charge on any atom is -0.493 e. The fourth-order valence-corrected chi connectivity index (χ4v) is 4.63. The number of nitrogens with one attached hydrogen (secondary N) is 1. The van der Waals surface area contributed by atoms with Crippen molar-refractivity contribution in [3.05, 3.63) is 82.7 Å². The molecule has 5 nitrogen and oxygen atoms in total. The molecule has 1 aliphatic heterocycles. The molecule has 1 N–H and O–H groups in total. The lowest BCUT2D eigenvalue weighted by molar-refractivity contribution is 0.190. The van der Waals surface area contributed by atoms with Crippen LogP contribution in [0.2, 0.25) is 0 Å². The quantitative estimate of drug-likeness (QED) is 0.448. The maximum absolute atomic E-state index is 13.4. The van der Waals surface area contributed by atoms with Gasteiger partial charge >= 0.3 is 0 Å². The van der Waals surface area contributed by atoms with E-state index in [4.69, 9.17) is 26.4 Å². The van der Waals surface area contributed by atoms with E-state index in [0.717, 1.165) is 35.3 Å². The van der Waals surface area contributed by atoms with Gasteiger partial charge in [0.05, 0.1) is 20.3 Å². The Morgan fingerprint density at radius 1 is 1.03 bits per heavy atom. The van der Waals surface area contributed by atoms with Crippen LogP contribution in [0.15, 0.2) is 54.6 Å². The summed E-state index contributed by atoms with van der Waals surface area (Å²) in [5, 5.41) is 4.05. The molecule has 3 aromatic rings. The van der Waals surface area contributed by atoms with Gasteiger partial charge in [0.25, 0.3) is 0 Å². The van der Waals surface area contributed by atoms with Crippen molar-refractivity contribution in [2.24, 2.45) is 0 Å². The van der Waals surface area contributed by atoms with Crippen LogP contribution in [0.25, 0.3) is 0 Å². The highest BCUT2D eigenvalue weighted by atomic mass is 32.1. The summed E-state index contributed by atoms with van der Waals surface area (Å²) in [6.45, 7) is 5.19. The molecular formula is C27H29FN2O3S. The summed E-state index contributed by atoms with van der Waals surface area (Å²) in [7, 11) is 3.26. The second-order valence-corrected chi connectivity index (χ2v) is 8.77. The third kappa shape index (κ3) is 5.09. The van der Waals surface area contributed by atoms with Crippen molar-refractivity contribution in [2.45, 2.75) is 26.3 Å². The summed E-state index contributed by atoms with van der Waals surface area (Å²) < 4.78 is 30.5. The van der Waals surface area contributed by atoms with Crippen LogP contribution in [-0.4, -0.2) is 37.4 Å². The molecule has 0 aliphatic carbocycles. The lowest BCUT2D eigenvalue weighted by Crippen LogP contribution is -2.44. The van der Waals surface area contributed by atoms with E-state index in [1.807, 2.05) is 18.2 Å². The van der Waals surface area contributed by atoms with E-state index in [2.05, 4.69) is 36.2 Å². The van der Waals surface area contributed by atoms with E-state index < -0.39 is 0 Å². The summed E-state index contributed by atoms with van der Waals surface area (Å²) in [5.74, 6) is 1.65. The van der Waals surface area contributed by atoms with Crippen molar-refractivity contribution >= 4 is 23.0 Å². The molecule has 4 rings (SSSR count). The Balaban J connectivity index is 1.65. The number of hydrogen-bond donors (Lipinski definition) is 1. The Kier molecular flexibility index (Phi) is 7.22. The highest BCUT2D eigenvalue weighted by molar-refractivity contribution is 7.80. The molecule has 0 bridgehead atoms. The van der Waals surface area contributed by atoms with Crippen LogP contribution in [0.5, 0.6) is 17.2 Å². The Morgan fingerprint density at radius 3 is 2.41 bits per heavy atom. The van der Waals surface area contributed by atoms with Gasteiger partial charge in [-0.05, 0) is 91.6 Å². The van der Waals surface area contributed by atoms with Gasteiger partial charge in [-0.3, -0.25) is 0 Å². The molecule has 0 radical (unpaired) electrons. The summed E-state index contributed by atoms with van der Waals surface area (Å²) in [6, 6.07) is 16.1. The van der Waals surface area contributed by atoms with Crippen molar-refractivity contribution in [1.29, 1.82) is 0 Å². The van der Waals surface area contributed by atoms with Crippen LogP contribution >= 0.6 is 12.2 Å². The Hall–Kier alpha value is -3.32. The Morgan fingerprint density at radius 2 is 1.74 bits per heavy atom. The van der Waals surface area contributed by atoms with Crippen LogP contribution in [0.1, 0.15) is 28.3 Å². The van der Waals surface area contributed by atoms with Crippen LogP contribution in [-0.2, 0) is 6.42 Å². The zero-order valence-corrected chi connectivity index (χ0v) is 20.7. The van der Waals surface area contributed by atoms with Crippen molar-refractivity contribution in [3.8, 4) is 17.2 Å². The van der Waals surface area contributed by atoms with Crippen LogP contribution in [0, 0.1) is 19.7 Å². The molecule has 0 saturated carbocycles. The largest absolute Gasteiger partial charge is 0.493 e. The second-order valence-electron chi connectivity index (χ2n) is 8.38. The summed E-state index contributed by atoms with van der Waals surface area (Å²) in [5.41, 5.74) is 5.54. The number of fused-ring (bicyclic) bond motifs is 1. The second kappa shape index (κ2) is 10.3. The molecule has 0 fully saturated rings. The monoisotopic (exact) mass is 480 g/mol. The van der Waals surface area contributed by atoms with Gasteiger partial charge < -0.3 is 24.4 Å². The van der Waals surface area contributed by atoms with Gasteiger partial charge in [-0.2, -0.15) is 0 Å². The van der Waals surface area contributed by atoms with Gasteiger partial charge in [0, 0.05) is 12.2 Å². The van der Waals surface area contributed by atoms with Gasteiger partial charge in [0.1, 0.15) is 18.2 Å². The van der Waals surface area contributed by atoms with Crippen LogP contribution < -0.4 is 19.5 Å². The lowest BCUT2D eigenvalue weighted by atomic mass is 9.92. The molecule has 0 unspecified atom stereocenters. The minimum atomic E-state index is -0.298. The van der Waals surface area contributed by atoms with Gasteiger partial charge in [0.15, 0.2) is 16.6 Å². The summed E-state index contributed by atoms with van der Waals surface area (Å²) in [6.07, 6.45) is 0.803. The highest BCUT2D eigenvalue weighted by Crippen LogP contribution is 2.38. The number of benzene rings is 3. The van der Waals surface area contributed by atoms with Gasteiger partial charge in [-0.1, -0.05) is 17.7 Å².